The third-order valence-corrected chi connectivity index (χ3v) is 4.53. The van der Waals surface area contributed by atoms with Crippen LogP contribution in [-0.4, -0.2) is 23.3 Å². The second kappa shape index (κ2) is 7.32. The van der Waals surface area contributed by atoms with Crippen LogP contribution in [0, 0.1) is 0 Å². The van der Waals surface area contributed by atoms with Crippen molar-refractivity contribution in [3.63, 3.8) is 0 Å². The van der Waals surface area contributed by atoms with E-state index in [1.165, 1.54) is 6.20 Å². The lowest BCUT2D eigenvalue weighted by Crippen LogP contribution is -2.25. The van der Waals surface area contributed by atoms with Gasteiger partial charge in [0, 0.05) is 35.9 Å². The van der Waals surface area contributed by atoms with Crippen molar-refractivity contribution in [2.75, 3.05) is 11.4 Å². The molecular formula is C17H15BrClN3O2. The highest BCUT2D eigenvalue weighted by Gasteiger charge is 2.21. The zero-order chi connectivity index (χ0) is 17.1. The van der Waals surface area contributed by atoms with E-state index in [-0.39, 0.29) is 17.0 Å². The van der Waals surface area contributed by atoms with Gasteiger partial charge in [0.05, 0.1) is 5.56 Å². The van der Waals surface area contributed by atoms with Gasteiger partial charge in [0.2, 0.25) is 5.91 Å². The minimum absolute atomic E-state index is 0.142. The van der Waals surface area contributed by atoms with Crippen molar-refractivity contribution < 1.29 is 9.59 Å². The predicted octanol–water partition coefficient (Wildman–Crippen LogP) is 3.55. The van der Waals surface area contributed by atoms with Crippen molar-refractivity contribution in [2.24, 2.45) is 0 Å². The fraction of sp³-hybridized carbons (Fsp3) is 0.235. The van der Waals surface area contributed by atoms with Gasteiger partial charge in [0.25, 0.3) is 5.91 Å². The molecule has 1 fully saturated rings. The summed E-state index contributed by atoms with van der Waals surface area (Å²) in [7, 11) is 0. The summed E-state index contributed by atoms with van der Waals surface area (Å²) in [4.78, 5) is 29.8. The number of nitrogens with one attached hydrogen (secondary N) is 1. The van der Waals surface area contributed by atoms with Crippen LogP contribution in [0.5, 0.6) is 0 Å². The molecule has 1 aromatic heterocycles. The maximum absolute atomic E-state index is 12.3. The number of nitrogens with zero attached hydrogens (tertiary/aromatic N) is 2. The molecule has 0 bridgehead atoms. The molecule has 5 nitrogen and oxygen atoms in total. The molecule has 2 heterocycles. The summed E-state index contributed by atoms with van der Waals surface area (Å²) in [5.74, 6) is -0.153. The summed E-state index contributed by atoms with van der Waals surface area (Å²) in [6.45, 7) is 1.09. The highest BCUT2D eigenvalue weighted by Crippen LogP contribution is 2.22. The van der Waals surface area contributed by atoms with Crippen LogP contribution in [0.25, 0.3) is 0 Å². The van der Waals surface area contributed by atoms with Crippen LogP contribution in [0.15, 0.2) is 41.0 Å². The molecule has 1 aliphatic heterocycles. The zero-order valence-electron chi connectivity index (χ0n) is 12.8. The lowest BCUT2D eigenvalue weighted by molar-refractivity contribution is -0.117. The average Bonchev–Trinajstić information content (AvgIpc) is 3.01. The first-order valence-corrected chi connectivity index (χ1v) is 8.70. The summed E-state index contributed by atoms with van der Waals surface area (Å²) in [5.41, 5.74) is 2.10. The summed E-state index contributed by atoms with van der Waals surface area (Å²) in [6, 6.07) is 9.25. The van der Waals surface area contributed by atoms with Crippen LogP contribution in [0.2, 0.25) is 5.15 Å². The third-order valence-electron chi connectivity index (χ3n) is 3.80. The molecular weight excluding hydrogens is 394 g/mol. The number of carbonyl (C=O) groups excluding carboxylic acids is 2. The van der Waals surface area contributed by atoms with Gasteiger partial charge in [-0.25, -0.2) is 4.98 Å². The van der Waals surface area contributed by atoms with Crippen molar-refractivity contribution in [2.45, 2.75) is 19.4 Å². The summed E-state index contributed by atoms with van der Waals surface area (Å²) >= 11 is 9.24. The fourth-order valence-corrected chi connectivity index (χ4v) is 3.14. The van der Waals surface area contributed by atoms with E-state index in [4.69, 9.17) is 11.6 Å². The van der Waals surface area contributed by atoms with E-state index < -0.39 is 0 Å². The van der Waals surface area contributed by atoms with E-state index in [1.807, 2.05) is 24.3 Å². The van der Waals surface area contributed by atoms with E-state index in [0.717, 1.165) is 24.2 Å². The Morgan fingerprint density at radius 2 is 2.21 bits per heavy atom. The number of halogens is 2. The monoisotopic (exact) mass is 407 g/mol. The van der Waals surface area contributed by atoms with Crippen LogP contribution in [0.4, 0.5) is 5.69 Å². The first-order valence-electron chi connectivity index (χ1n) is 7.53. The van der Waals surface area contributed by atoms with Crippen LogP contribution < -0.4 is 10.2 Å². The second-order valence-electron chi connectivity index (χ2n) is 5.49. The van der Waals surface area contributed by atoms with Crippen LogP contribution >= 0.6 is 27.5 Å². The summed E-state index contributed by atoms with van der Waals surface area (Å²) in [5, 5.41) is 2.98. The van der Waals surface area contributed by atoms with E-state index in [9.17, 15) is 9.59 Å². The molecule has 124 valence electrons. The van der Waals surface area contributed by atoms with Crippen molar-refractivity contribution >= 4 is 45.0 Å². The number of hydrogen-bond acceptors (Lipinski definition) is 3. The highest BCUT2D eigenvalue weighted by atomic mass is 79.9. The van der Waals surface area contributed by atoms with Crippen LogP contribution in [0.1, 0.15) is 28.8 Å². The molecule has 0 aliphatic carbocycles. The van der Waals surface area contributed by atoms with Gasteiger partial charge in [-0.2, -0.15) is 0 Å². The van der Waals surface area contributed by atoms with Crippen molar-refractivity contribution in [1.29, 1.82) is 0 Å². The lowest BCUT2D eigenvalue weighted by Gasteiger charge is -2.16. The SMILES string of the molecule is O=C(NCc1cccc(N2CCCC2=O)c1)c1cc(Br)cnc1Cl. The number of pyridine rings is 1. The molecule has 3 rings (SSSR count). The molecule has 1 saturated heterocycles. The maximum atomic E-state index is 12.3. The first kappa shape index (κ1) is 16.9. The Labute approximate surface area is 153 Å². The minimum Gasteiger partial charge on any atom is -0.348 e. The quantitative estimate of drug-likeness (QED) is 0.787. The average molecular weight is 409 g/mol. The van der Waals surface area contributed by atoms with Crippen molar-refractivity contribution in [3.05, 3.63) is 57.3 Å². The number of rotatable bonds is 4. The Morgan fingerprint density at radius 3 is 2.96 bits per heavy atom. The standard InChI is InChI=1S/C17H15BrClN3O2/c18-12-8-14(16(19)20-10-12)17(24)21-9-11-3-1-4-13(7-11)22-6-2-5-15(22)23/h1,3-4,7-8,10H,2,5-6,9H2,(H,21,24). The van der Waals surface area contributed by atoms with E-state index in [2.05, 4.69) is 26.2 Å². The lowest BCUT2D eigenvalue weighted by atomic mass is 10.2. The molecule has 0 spiro atoms. The predicted molar refractivity (Wildman–Crippen MR) is 96.1 cm³/mol. The molecule has 1 N–H and O–H groups in total. The van der Waals surface area contributed by atoms with Gasteiger partial charge < -0.3 is 10.2 Å². The Balaban J connectivity index is 1.69. The Bertz CT molecular complexity index is 797. The van der Waals surface area contributed by atoms with Crippen LogP contribution in [0.3, 0.4) is 0 Å². The first-order chi connectivity index (χ1) is 11.5. The number of benzene rings is 1. The largest absolute Gasteiger partial charge is 0.348 e. The highest BCUT2D eigenvalue weighted by molar-refractivity contribution is 9.10. The molecule has 0 atom stereocenters. The zero-order valence-corrected chi connectivity index (χ0v) is 15.1. The Hall–Kier alpha value is -1.92. The van der Waals surface area contributed by atoms with Crippen molar-refractivity contribution in [1.82, 2.24) is 10.3 Å². The maximum Gasteiger partial charge on any atom is 0.254 e. The summed E-state index contributed by atoms with van der Waals surface area (Å²) < 4.78 is 0.687. The van der Waals surface area contributed by atoms with Gasteiger partial charge in [-0.1, -0.05) is 23.7 Å². The molecule has 2 aromatic rings. The molecule has 1 aromatic carbocycles. The number of aromatic nitrogens is 1. The number of anilines is 1. The Morgan fingerprint density at radius 1 is 1.38 bits per heavy atom. The molecule has 1 aliphatic rings. The topological polar surface area (TPSA) is 62.3 Å². The second-order valence-corrected chi connectivity index (χ2v) is 6.77. The number of carbonyl (C=O) groups is 2. The summed E-state index contributed by atoms with van der Waals surface area (Å²) in [6.07, 6.45) is 3.01. The van der Waals surface area contributed by atoms with E-state index >= 15 is 0 Å². The number of hydrogen-bond donors (Lipinski definition) is 1. The normalized spacial score (nSPS) is 14.1. The molecule has 7 heteroatoms. The molecule has 0 saturated carbocycles. The minimum atomic E-state index is -0.295. The Kier molecular flexibility index (Phi) is 5.16. The van der Waals surface area contributed by atoms with Gasteiger partial charge in [-0.15, -0.1) is 0 Å². The molecule has 0 radical (unpaired) electrons. The van der Waals surface area contributed by atoms with E-state index in [1.54, 1.807) is 11.0 Å². The van der Waals surface area contributed by atoms with Gasteiger partial charge in [-0.3, -0.25) is 9.59 Å². The smallest absolute Gasteiger partial charge is 0.254 e. The van der Waals surface area contributed by atoms with Crippen LogP contribution in [-0.2, 0) is 11.3 Å². The van der Waals surface area contributed by atoms with Gasteiger partial charge >= 0.3 is 0 Å². The number of amides is 2. The third kappa shape index (κ3) is 3.76. The molecule has 2 amide bonds. The van der Waals surface area contributed by atoms with E-state index in [0.29, 0.717) is 23.0 Å². The van der Waals surface area contributed by atoms with Gasteiger partial charge in [0.15, 0.2) is 0 Å². The fourth-order valence-electron chi connectivity index (χ4n) is 2.61. The molecule has 0 unspecified atom stereocenters. The van der Waals surface area contributed by atoms with Crippen molar-refractivity contribution in [3.8, 4) is 0 Å². The molecule has 24 heavy (non-hydrogen) atoms. The van der Waals surface area contributed by atoms with Gasteiger partial charge in [-0.05, 0) is 46.1 Å². The van der Waals surface area contributed by atoms with Gasteiger partial charge in [0.1, 0.15) is 5.15 Å².